The maximum absolute atomic E-state index is 8.70. The minimum absolute atomic E-state index is 0.297. The van der Waals surface area contributed by atoms with Crippen molar-refractivity contribution in [3.63, 3.8) is 0 Å². The molecule has 1 heterocycles. The molecule has 2 rings (SSSR count). The predicted octanol–water partition coefficient (Wildman–Crippen LogP) is 1.14. The first-order valence-electron chi connectivity index (χ1n) is 3.77. The van der Waals surface area contributed by atoms with Crippen LogP contribution in [0.5, 0.6) is 0 Å². The highest BCUT2D eigenvalue weighted by Gasteiger charge is 2.03. The van der Waals surface area contributed by atoms with Crippen molar-refractivity contribution in [2.45, 2.75) is 0 Å². The molecule has 4 nitrogen and oxygen atoms in total. The lowest BCUT2D eigenvalue weighted by atomic mass is 10.3. The van der Waals surface area contributed by atoms with E-state index in [2.05, 4.69) is 10.1 Å². The fourth-order valence-corrected chi connectivity index (χ4v) is 1.08. The van der Waals surface area contributed by atoms with Crippen molar-refractivity contribution in [1.82, 2.24) is 14.8 Å². The third-order valence-electron chi connectivity index (χ3n) is 1.65. The first kappa shape index (κ1) is 7.50. The normalized spacial score (nSPS) is 9.46. The summed E-state index contributed by atoms with van der Waals surface area (Å²) < 4.78 is 1.50. The molecule has 0 saturated carbocycles. The first-order valence-corrected chi connectivity index (χ1v) is 3.77. The van der Waals surface area contributed by atoms with Gasteiger partial charge >= 0.3 is 0 Å². The van der Waals surface area contributed by atoms with Gasteiger partial charge < -0.3 is 0 Å². The molecule has 0 amide bonds. The van der Waals surface area contributed by atoms with Gasteiger partial charge in [0.25, 0.3) is 0 Å². The maximum atomic E-state index is 8.70. The Morgan fingerprint density at radius 3 is 2.69 bits per heavy atom. The summed E-state index contributed by atoms with van der Waals surface area (Å²) in [6, 6.07) is 11.4. The van der Waals surface area contributed by atoms with Gasteiger partial charge in [-0.1, -0.05) is 18.2 Å². The fourth-order valence-electron chi connectivity index (χ4n) is 1.08. The van der Waals surface area contributed by atoms with E-state index in [9.17, 15) is 0 Å². The number of nitriles is 1. The molecule has 2 aromatic rings. The molecule has 1 aromatic heterocycles. The van der Waals surface area contributed by atoms with E-state index in [4.69, 9.17) is 5.26 Å². The molecule has 0 radical (unpaired) electrons. The minimum Gasteiger partial charge on any atom is -0.205 e. The van der Waals surface area contributed by atoms with E-state index in [0.29, 0.717) is 5.82 Å². The van der Waals surface area contributed by atoms with Crippen LogP contribution in [0.3, 0.4) is 0 Å². The number of hydrogen-bond donors (Lipinski definition) is 0. The van der Waals surface area contributed by atoms with Gasteiger partial charge in [0.05, 0.1) is 5.69 Å². The third kappa shape index (κ3) is 1.27. The van der Waals surface area contributed by atoms with Crippen LogP contribution in [-0.2, 0) is 0 Å². The van der Waals surface area contributed by atoms with Gasteiger partial charge in [-0.2, -0.15) is 10.4 Å². The SMILES string of the molecule is N#Cc1ncnn1-c1ccccc1. The number of para-hydroxylation sites is 1. The van der Waals surface area contributed by atoms with E-state index in [-0.39, 0.29) is 0 Å². The summed E-state index contributed by atoms with van der Waals surface area (Å²) in [7, 11) is 0. The molecule has 0 unspecified atom stereocenters. The number of benzene rings is 1. The maximum Gasteiger partial charge on any atom is 0.235 e. The molecule has 0 spiro atoms. The van der Waals surface area contributed by atoms with Gasteiger partial charge in [0.1, 0.15) is 12.4 Å². The van der Waals surface area contributed by atoms with Crippen LogP contribution in [0.4, 0.5) is 0 Å². The van der Waals surface area contributed by atoms with Crippen LogP contribution in [0, 0.1) is 11.3 Å². The second kappa shape index (κ2) is 3.07. The van der Waals surface area contributed by atoms with E-state index >= 15 is 0 Å². The van der Waals surface area contributed by atoms with Crippen LogP contribution in [0.1, 0.15) is 5.82 Å². The Kier molecular flexibility index (Phi) is 1.77. The fraction of sp³-hybridized carbons (Fsp3) is 0. The number of aromatic nitrogens is 3. The van der Waals surface area contributed by atoms with E-state index < -0.39 is 0 Å². The summed E-state index contributed by atoms with van der Waals surface area (Å²) in [5.41, 5.74) is 0.844. The number of rotatable bonds is 1. The van der Waals surface area contributed by atoms with Gasteiger partial charge in [-0.05, 0) is 12.1 Å². The lowest BCUT2D eigenvalue weighted by molar-refractivity contribution is 0.863. The summed E-state index contributed by atoms with van der Waals surface area (Å²) in [5.74, 6) is 0.297. The zero-order valence-electron chi connectivity index (χ0n) is 6.75. The summed E-state index contributed by atoms with van der Waals surface area (Å²) in [5, 5.41) is 12.6. The highest BCUT2D eigenvalue weighted by atomic mass is 15.3. The zero-order valence-corrected chi connectivity index (χ0v) is 6.75. The molecule has 0 fully saturated rings. The van der Waals surface area contributed by atoms with Crippen LogP contribution in [-0.4, -0.2) is 14.8 Å². The molecular weight excluding hydrogens is 164 g/mol. The van der Waals surface area contributed by atoms with Gasteiger partial charge in [-0.3, -0.25) is 0 Å². The molecule has 1 aromatic carbocycles. The van der Waals surface area contributed by atoms with Crippen molar-refractivity contribution in [3.05, 3.63) is 42.5 Å². The summed E-state index contributed by atoms with van der Waals surface area (Å²) in [6.45, 7) is 0. The number of nitrogens with zero attached hydrogens (tertiary/aromatic N) is 4. The smallest absolute Gasteiger partial charge is 0.205 e. The quantitative estimate of drug-likeness (QED) is 0.644. The van der Waals surface area contributed by atoms with Gasteiger partial charge in [0, 0.05) is 0 Å². The average Bonchev–Trinajstić information content (AvgIpc) is 2.67. The monoisotopic (exact) mass is 170 g/mol. The molecule has 0 saturated heterocycles. The second-order valence-electron chi connectivity index (χ2n) is 2.44. The molecule has 4 heteroatoms. The lowest BCUT2D eigenvalue weighted by Gasteiger charge is -1.98. The Morgan fingerprint density at radius 2 is 2.00 bits per heavy atom. The average molecular weight is 170 g/mol. The van der Waals surface area contributed by atoms with Gasteiger partial charge in [0.15, 0.2) is 0 Å². The van der Waals surface area contributed by atoms with Crippen LogP contribution in [0.2, 0.25) is 0 Å². The molecule has 13 heavy (non-hydrogen) atoms. The van der Waals surface area contributed by atoms with E-state index in [1.165, 1.54) is 11.0 Å². The minimum atomic E-state index is 0.297. The standard InChI is InChI=1S/C9H6N4/c10-6-9-11-7-12-13(9)8-4-2-1-3-5-8/h1-5,7H. The molecular formula is C9H6N4. The Balaban J connectivity index is 2.54. The highest BCUT2D eigenvalue weighted by molar-refractivity contribution is 5.33. The van der Waals surface area contributed by atoms with Crippen molar-refractivity contribution in [1.29, 1.82) is 5.26 Å². The Hall–Kier alpha value is -2.15. The van der Waals surface area contributed by atoms with Gasteiger partial charge in [0.2, 0.25) is 5.82 Å². The van der Waals surface area contributed by atoms with Crippen LogP contribution in [0.15, 0.2) is 36.7 Å². The molecule has 0 N–H and O–H groups in total. The molecule has 0 bridgehead atoms. The first-order chi connectivity index (χ1) is 6.42. The lowest BCUT2D eigenvalue weighted by Crippen LogP contribution is -1.98. The molecule has 0 aliphatic carbocycles. The predicted molar refractivity (Wildman–Crippen MR) is 46.1 cm³/mol. The van der Waals surface area contributed by atoms with Crippen molar-refractivity contribution < 1.29 is 0 Å². The van der Waals surface area contributed by atoms with Gasteiger partial charge in [-0.25, -0.2) is 9.67 Å². The molecule has 0 aliphatic rings. The topological polar surface area (TPSA) is 54.5 Å². The zero-order chi connectivity index (χ0) is 9.10. The van der Waals surface area contributed by atoms with E-state index in [1.807, 2.05) is 36.4 Å². The summed E-state index contributed by atoms with van der Waals surface area (Å²) in [6.07, 6.45) is 1.37. The van der Waals surface area contributed by atoms with Crippen molar-refractivity contribution in [2.24, 2.45) is 0 Å². The van der Waals surface area contributed by atoms with Crippen LogP contribution >= 0.6 is 0 Å². The number of hydrogen-bond acceptors (Lipinski definition) is 3. The Labute approximate surface area is 75.1 Å². The Bertz CT molecular complexity index is 438. The largest absolute Gasteiger partial charge is 0.235 e. The summed E-state index contributed by atoms with van der Waals surface area (Å²) in [4.78, 5) is 3.80. The van der Waals surface area contributed by atoms with Crippen LogP contribution < -0.4 is 0 Å². The van der Waals surface area contributed by atoms with Crippen LogP contribution in [0.25, 0.3) is 5.69 Å². The second-order valence-corrected chi connectivity index (χ2v) is 2.44. The summed E-state index contributed by atoms with van der Waals surface area (Å²) >= 11 is 0. The molecule has 62 valence electrons. The van der Waals surface area contributed by atoms with E-state index in [1.54, 1.807) is 0 Å². The molecule has 0 aliphatic heterocycles. The Morgan fingerprint density at radius 1 is 1.23 bits per heavy atom. The van der Waals surface area contributed by atoms with Crippen molar-refractivity contribution in [3.8, 4) is 11.8 Å². The van der Waals surface area contributed by atoms with Crippen molar-refractivity contribution in [2.75, 3.05) is 0 Å². The van der Waals surface area contributed by atoms with E-state index in [0.717, 1.165) is 5.69 Å². The third-order valence-corrected chi connectivity index (χ3v) is 1.65. The highest BCUT2D eigenvalue weighted by Crippen LogP contribution is 2.06. The van der Waals surface area contributed by atoms with Crippen molar-refractivity contribution >= 4 is 0 Å². The molecule has 0 atom stereocenters. The van der Waals surface area contributed by atoms with Gasteiger partial charge in [-0.15, -0.1) is 0 Å².